The molecule has 2 amide bonds. The molecule has 0 aromatic heterocycles. The number of nitrogens with zero attached hydrogens (tertiary/aromatic N) is 2. The molecule has 86 valence electrons. The van der Waals surface area contributed by atoms with Crippen LogP contribution in [0, 0.1) is 22.7 Å². The van der Waals surface area contributed by atoms with Crippen LogP contribution in [0.3, 0.4) is 0 Å². The van der Waals surface area contributed by atoms with Crippen LogP contribution in [-0.2, 0) is 0 Å². The first-order chi connectivity index (χ1) is 8.26. The zero-order valence-corrected chi connectivity index (χ0v) is 9.23. The fourth-order valence-corrected chi connectivity index (χ4v) is 1.17. The van der Waals surface area contributed by atoms with Gasteiger partial charge >= 0.3 is 6.03 Å². The molecule has 5 nitrogen and oxygen atoms in total. The maximum atomic E-state index is 11.4. The number of hydrogen-bond donors (Lipinski definition) is 2. The molecule has 0 saturated heterocycles. The molecule has 0 aliphatic carbocycles. The molecule has 0 fully saturated rings. The maximum absolute atomic E-state index is 11.4. The summed E-state index contributed by atoms with van der Waals surface area (Å²) in [7, 11) is 0. The maximum Gasteiger partial charge on any atom is 0.319 e. The number of carbonyl (C=O) groups is 1. The molecule has 2 N–H and O–H groups in total. The van der Waals surface area contributed by atoms with Crippen LogP contribution in [0.4, 0.5) is 10.5 Å². The SMILES string of the molecule is N#CCCCNC(=O)Nc1ccc(C#N)cc1. The van der Waals surface area contributed by atoms with Crippen molar-refractivity contribution in [2.45, 2.75) is 12.8 Å². The predicted molar refractivity (Wildman–Crippen MR) is 63.0 cm³/mol. The van der Waals surface area contributed by atoms with Gasteiger partial charge in [0, 0.05) is 18.7 Å². The monoisotopic (exact) mass is 228 g/mol. The minimum atomic E-state index is -0.312. The van der Waals surface area contributed by atoms with Crippen molar-refractivity contribution in [2.75, 3.05) is 11.9 Å². The molecular weight excluding hydrogens is 216 g/mol. The molecule has 1 aromatic rings. The van der Waals surface area contributed by atoms with Crippen LogP contribution in [-0.4, -0.2) is 12.6 Å². The molecular formula is C12H12N4O. The Balaban J connectivity index is 2.35. The van der Waals surface area contributed by atoms with E-state index in [1.807, 2.05) is 12.1 Å². The van der Waals surface area contributed by atoms with Crippen molar-refractivity contribution in [1.29, 1.82) is 10.5 Å². The summed E-state index contributed by atoms with van der Waals surface area (Å²) in [5.41, 5.74) is 1.17. The van der Waals surface area contributed by atoms with Crippen LogP contribution in [0.15, 0.2) is 24.3 Å². The minimum Gasteiger partial charge on any atom is -0.338 e. The van der Waals surface area contributed by atoms with Crippen molar-refractivity contribution >= 4 is 11.7 Å². The smallest absolute Gasteiger partial charge is 0.319 e. The van der Waals surface area contributed by atoms with Crippen molar-refractivity contribution in [3.8, 4) is 12.1 Å². The second-order valence-electron chi connectivity index (χ2n) is 3.33. The number of rotatable bonds is 4. The first-order valence-corrected chi connectivity index (χ1v) is 5.18. The molecule has 0 spiro atoms. The quantitative estimate of drug-likeness (QED) is 0.772. The molecule has 0 radical (unpaired) electrons. The van der Waals surface area contributed by atoms with Gasteiger partial charge in [0.05, 0.1) is 17.7 Å². The van der Waals surface area contributed by atoms with E-state index in [0.717, 1.165) is 0 Å². The topological polar surface area (TPSA) is 88.7 Å². The van der Waals surface area contributed by atoms with Crippen molar-refractivity contribution in [2.24, 2.45) is 0 Å². The largest absolute Gasteiger partial charge is 0.338 e. The fourth-order valence-electron chi connectivity index (χ4n) is 1.17. The van der Waals surface area contributed by atoms with Gasteiger partial charge in [-0.1, -0.05) is 0 Å². The number of carbonyl (C=O) groups excluding carboxylic acids is 1. The predicted octanol–water partition coefficient (Wildman–Crippen LogP) is 1.98. The van der Waals surface area contributed by atoms with Gasteiger partial charge in [-0.2, -0.15) is 10.5 Å². The van der Waals surface area contributed by atoms with Crippen molar-refractivity contribution in [3.05, 3.63) is 29.8 Å². The highest BCUT2D eigenvalue weighted by Crippen LogP contribution is 2.08. The molecule has 1 rings (SSSR count). The van der Waals surface area contributed by atoms with Crippen LogP contribution >= 0.6 is 0 Å². The van der Waals surface area contributed by atoms with Crippen molar-refractivity contribution in [3.63, 3.8) is 0 Å². The fraction of sp³-hybridized carbons (Fsp3) is 0.250. The number of nitriles is 2. The van der Waals surface area contributed by atoms with Crippen LogP contribution in [0.2, 0.25) is 0 Å². The van der Waals surface area contributed by atoms with Crippen LogP contribution in [0.1, 0.15) is 18.4 Å². The van der Waals surface area contributed by atoms with Crippen LogP contribution in [0.25, 0.3) is 0 Å². The second kappa shape index (κ2) is 6.86. The van der Waals surface area contributed by atoms with Gasteiger partial charge in [0.15, 0.2) is 0 Å². The molecule has 0 bridgehead atoms. The number of hydrogen-bond acceptors (Lipinski definition) is 3. The Morgan fingerprint density at radius 3 is 2.53 bits per heavy atom. The summed E-state index contributed by atoms with van der Waals surface area (Å²) in [5, 5.41) is 22.2. The average Bonchev–Trinajstić information content (AvgIpc) is 2.36. The lowest BCUT2D eigenvalue weighted by atomic mass is 10.2. The Morgan fingerprint density at radius 1 is 1.24 bits per heavy atom. The lowest BCUT2D eigenvalue weighted by Gasteiger charge is -2.06. The molecule has 5 heteroatoms. The summed E-state index contributed by atoms with van der Waals surface area (Å²) in [6.45, 7) is 0.468. The first-order valence-electron chi connectivity index (χ1n) is 5.18. The summed E-state index contributed by atoms with van der Waals surface area (Å²) in [4.78, 5) is 11.4. The lowest BCUT2D eigenvalue weighted by molar-refractivity contribution is 0.252. The number of unbranched alkanes of at least 4 members (excludes halogenated alkanes) is 1. The van der Waals surface area contributed by atoms with Gasteiger partial charge in [-0.05, 0) is 30.7 Å². The number of benzene rings is 1. The summed E-state index contributed by atoms with van der Waals surface area (Å²) in [6, 6.07) is 10.3. The highest BCUT2D eigenvalue weighted by Gasteiger charge is 2.00. The number of urea groups is 1. The van der Waals surface area contributed by atoms with Crippen LogP contribution in [0.5, 0.6) is 0 Å². The van der Waals surface area contributed by atoms with E-state index in [4.69, 9.17) is 10.5 Å². The van der Waals surface area contributed by atoms with E-state index < -0.39 is 0 Å². The van der Waals surface area contributed by atoms with Gasteiger partial charge in [0.2, 0.25) is 0 Å². The van der Waals surface area contributed by atoms with E-state index in [0.29, 0.717) is 30.6 Å². The molecule has 0 unspecified atom stereocenters. The third-order valence-electron chi connectivity index (χ3n) is 2.02. The van der Waals surface area contributed by atoms with E-state index in [2.05, 4.69) is 10.6 Å². The van der Waals surface area contributed by atoms with E-state index in [-0.39, 0.29) is 6.03 Å². The molecule has 0 heterocycles. The normalized spacial score (nSPS) is 8.82. The van der Waals surface area contributed by atoms with Gasteiger partial charge in [0.25, 0.3) is 0 Å². The Hall–Kier alpha value is -2.53. The van der Waals surface area contributed by atoms with E-state index in [1.165, 1.54) is 0 Å². The van der Waals surface area contributed by atoms with Gasteiger partial charge in [0.1, 0.15) is 0 Å². The summed E-state index contributed by atoms with van der Waals surface area (Å²) < 4.78 is 0. The molecule has 0 aliphatic rings. The molecule has 17 heavy (non-hydrogen) atoms. The Morgan fingerprint density at radius 2 is 1.94 bits per heavy atom. The third-order valence-corrected chi connectivity index (χ3v) is 2.02. The van der Waals surface area contributed by atoms with Gasteiger partial charge < -0.3 is 10.6 Å². The highest BCUT2D eigenvalue weighted by molar-refractivity contribution is 5.89. The highest BCUT2D eigenvalue weighted by atomic mass is 16.2. The van der Waals surface area contributed by atoms with E-state index >= 15 is 0 Å². The van der Waals surface area contributed by atoms with Gasteiger partial charge in [-0.15, -0.1) is 0 Å². The number of nitrogens with one attached hydrogen (secondary N) is 2. The molecule has 0 saturated carbocycles. The Kier molecular flexibility index (Phi) is 5.06. The second-order valence-corrected chi connectivity index (χ2v) is 3.33. The molecule has 0 atom stereocenters. The van der Waals surface area contributed by atoms with E-state index in [9.17, 15) is 4.79 Å². The van der Waals surface area contributed by atoms with Crippen LogP contribution < -0.4 is 10.6 Å². The average molecular weight is 228 g/mol. The summed E-state index contributed by atoms with van der Waals surface area (Å²) in [6.07, 6.45) is 1.06. The molecule has 0 aliphatic heterocycles. The zero-order chi connectivity index (χ0) is 12.5. The standard InChI is InChI=1S/C12H12N4O/c13-7-1-2-8-15-12(17)16-11-5-3-10(9-14)4-6-11/h3-6H,1-2,8H2,(H2,15,16,17). The Labute approximate surface area is 99.7 Å². The molecule has 1 aromatic carbocycles. The minimum absolute atomic E-state index is 0.312. The van der Waals surface area contributed by atoms with Gasteiger partial charge in [-0.25, -0.2) is 4.79 Å². The third kappa shape index (κ3) is 4.67. The summed E-state index contributed by atoms with van der Waals surface area (Å²) >= 11 is 0. The Bertz CT molecular complexity index is 453. The van der Waals surface area contributed by atoms with Crippen molar-refractivity contribution < 1.29 is 4.79 Å². The summed E-state index contributed by atoms with van der Waals surface area (Å²) in [5.74, 6) is 0. The van der Waals surface area contributed by atoms with E-state index in [1.54, 1.807) is 24.3 Å². The zero-order valence-electron chi connectivity index (χ0n) is 9.23. The van der Waals surface area contributed by atoms with Crippen molar-refractivity contribution in [1.82, 2.24) is 5.32 Å². The lowest BCUT2D eigenvalue weighted by Crippen LogP contribution is -2.29. The first kappa shape index (κ1) is 12.5. The number of anilines is 1. The number of amides is 2. The van der Waals surface area contributed by atoms with Gasteiger partial charge in [-0.3, -0.25) is 0 Å².